The predicted molar refractivity (Wildman–Crippen MR) is 124 cm³/mol. The van der Waals surface area contributed by atoms with E-state index in [1.807, 2.05) is 6.92 Å². The number of hydrogen-bond acceptors (Lipinski definition) is 7. The first kappa shape index (κ1) is 23.5. The van der Waals surface area contributed by atoms with Crippen molar-refractivity contribution < 1.29 is 28.6 Å². The number of carbonyl (C=O) groups is 3. The van der Waals surface area contributed by atoms with E-state index in [4.69, 9.17) is 25.8 Å². The van der Waals surface area contributed by atoms with E-state index >= 15 is 0 Å². The Labute approximate surface area is 194 Å². The number of carbonyl (C=O) groups excluding carboxylic acids is 3. The van der Waals surface area contributed by atoms with E-state index < -0.39 is 23.6 Å². The average Bonchev–Trinajstić information content (AvgIpc) is 3.03. The second-order valence-electron chi connectivity index (χ2n) is 6.73. The van der Waals surface area contributed by atoms with Crippen LogP contribution in [0.25, 0.3) is 6.08 Å². The maximum atomic E-state index is 12.8. The van der Waals surface area contributed by atoms with E-state index in [9.17, 15) is 14.4 Å². The molecule has 0 bridgehead atoms. The van der Waals surface area contributed by atoms with Crippen molar-refractivity contribution in [2.75, 3.05) is 33.2 Å². The van der Waals surface area contributed by atoms with Crippen LogP contribution in [-0.4, -0.2) is 49.8 Å². The summed E-state index contributed by atoms with van der Waals surface area (Å²) in [5.74, 6) is 0.214. The Hall–Kier alpha value is -3.17. The van der Waals surface area contributed by atoms with Crippen molar-refractivity contribution >= 4 is 52.2 Å². The fraction of sp³-hybridized carbons (Fsp3) is 0.227. The van der Waals surface area contributed by atoms with Crippen LogP contribution in [0.15, 0.2) is 35.2 Å². The van der Waals surface area contributed by atoms with Crippen LogP contribution >= 0.6 is 23.4 Å². The molecule has 1 heterocycles. The average molecular weight is 477 g/mol. The molecule has 1 aliphatic rings. The van der Waals surface area contributed by atoms with Crippen molar-refractivity contribution in [1.29, 1.82) is 0 Å². The van der Waals surface area contributed by atoms with Gasteiger partial charge in [-0.1, -0.05) is 17.7 Å². The van der Waals surface area contributed by atoms with E-state index in [-0.39, 0.29) is 4.91 Å². The Morgan fingerprint density at radius 2 is 1.75 bits per heavy atom. The van der Waals surface area contributed by atoms with Crippen LogP contribution in [0.1, 0.15) is 11.1 Å². The highest BCUT2D eigenvalue weighted by Gasteiger charge is 2.36. The van der Waals surface area contributed by atoms with Crippen LogP contribution in [0, 0.1) is 6.92 Å². The molecule has 3 rings (SSSR count). The minimum atomic E-state index is -0.586. The molecule has 1 aliphatic heterocycles. The van der Waals surface area contributed by atoms with Gasteiger partial charge in [0.05, 0.1) is 31.8 Å². The zero-order valence-corrected chi connectivity index (χ0v) is 19.4. The molecule has 0 aromatic heterocycles. The predicted octanol–water partition coefficient (Wildman–Crippen LogP) is 4.35. The Bertz CT molecular complexity index is 1090. The van der Waals surface area contributed by atoms with Crippen LogP contribution in [0.5, 0.6) is 17.2 Å². The van der Waals surface area contributed by atoms with Gasteiger partial charge in [0, 0.05) is 22.8 Å². The van der Waals surface area contributed by atoms with Crippen LogP contribution in [0.2, 0.25) is 5.02 Å². The quantitative estimate of drug-likeness (QED) is 0.593. The summed E-state index contributed by atoms with van der Waals surface area (Å²) >= 11 is 6.80. The Kier molecular flexibility index (Phi) is 7.32. The van der Waals surface area contributed by atoms with Crippen molar-refractivity contribution in [1.82, 2.24) is 4.90 Å². The van der Waals surface area contributed by atoms with E-state index in [1.54, 1.807) is 30.3 Å². The zero-order chi connectivity index (χ0) is 23.4. The van der Waals surface area contributed by atoms with Crippen LogP contribution in [-0.2, 0) is 9.59 Å². The molecule has 0 aliphatic carbocycles. The molecular weight excluding hydrogens is 456 g/mol. The number of rotatable bonds is 7. The van der Waals surface area contributed by atoms with Crippen molar-refractivity contribution in [3.05, 3.63) is 51.4 Å². The SMILES string of the molecule is COc1cc(OC)c(/C=C2/SC(=O)N(CC(=O)Nc3ccc(C)c(Cl)c3)C2=O)c(OC)c1. The monoisotopic (exact) mass is 476 g/mol. The Balaban J connectivity index is 1.80. The number of benzene rings is 2. The summed E-state index contributed by atoms with van der Waals surface area (Å²) in [7, 11) is 4.45. The number of nitrogens with one attached hydrogen (secondary N) is 1. The first-order chi connectivity index (χ1) is 15.3. The number of aryl methyl sites for hydroxylation is 1. The molecule has 0 unspecified atom stereocenters. The molecule has 2 aromatic carbocycles. The number of hydrogen-bond donors (Lipinski definition) is 1. The van der Waals surface area contributed by atoms with Gasteiger partial charge in [0.15, 0.2) is 0 Å². The molecule has 1 N–H and O–H groups in total. The molecule has 1 saturated heterocycles. The van der Waals surface area contributed by atoms with Gasteiger partial charge in [-0.3, -0.25) is 19.3 Å². The number of methoxy groups -OCH3 is 3. The minimum absolute atomic E-state index is 0.142. The zero-order valence-electron chi connectivity index (χ0n) is 17.9. The molecule has 0 saturated carbocycles. The number of halogens is 1. The molecule has 0 spiro atoms. The lowest BCUT2D eigenvalue weighted by atomic mass is 10.1. The van der Waals surface area contributed by atoms with Gasteiger partial charge in [-0.2, -0.15) is 0 Å². The second kappa shape index (κ2) is 9.97. The van der Waals surface area contributed by atoms with Crippen LogP contribution in [0.3, 0.4) is 0 Å². The molecule has 168 valence electrons. The topological polar surface area (TPSA) is 94.2 Å². The van der Waals surface area contributed by atoms with Gasteiger partial charge in [0.1, 0.15) is 23.8 Å². The highest BCUT2D eigenvalue weighted by Crippen LogP contribution is 2.39. The van der Waals surface area contributed by atoms with Gasteiger partial charge in [0.25, 0.3) is 11.1 Å². The molecule has 32 heavy (non-hydrogen) atoms. The summed E-state index contributed by atoms with van der Waals surface area (Å²) in [5, 5.41) is 2.59. The smallest absolute Gasteiger partial charge is 0.294 e. The van der Waals surface area contributed by atoms with Gasteiger partial charge >= 0.3 is 0 Å². The third-order valence-corrected chi connectivity index (χ3v) is 5.97. The molecule has 2 aromatic rings. The van der Waals surface area contributed by atoms with Crippen LogP contribution < -0.4 is 19.5 Å². The lowest BCUT2D eigenvalue weighted by Gasteiger charge is -2.14. The third-order valence-electron chi connectivity index (χ3n) is 4.66. The van der Waals surface area contributed by atoms with Gasteiger partial charge in [0.2, 0.25) is 5.91 Å². The number of ether oxygens (including phenoxy) is 3. The minimum Gasteiger partial charge on any atom is -0.496 e. The molecule has 3 amide bonds. The van der Waals surface area contributed by atoms with Gasteiger partial charge < -0.3 is 19.5 Å². The lowest BCUT2D eigenvalue weighted by molar-refractivity contribution is -0.127. The van der Waals surface area contributed by atoms with E-state index in [2.05, 4.69) is 5.32 Å². The number of thioether (sulfide) groups is 1. The van der Waals surface area contributed by atoms with Gasteiger partial charge in [-0.05, 0) is 42.5 Å². The summed E-state index contributed by atoms with van der Waals surface area (Å²) in [6.07, 6.45) is 1.50. The summed E-state index contributed by atoms with van der Waals surface area (Å²) in [4.78, 5) is 38.7. The Morgan fingerprint density at radius 3 is 2.31 bits per heavy atom. The van der Waals surface area contributed by atoms with E-state index in [0.717, 1.165) is 22.2 Å². The second-order valence-corrected chi connectivity index (χ2v) is 8.13. The molecule has 0 atom stereocenters. The first-order valence-electron chi connectivity index (χ1n) is 9.38. The fourth-order valence-electron chi connectivity index (χ4n) is 2.96. The molecule has 0 radical (unpaired) electrons. The van der Waals surface area contributed by atoms with Crippen molar-refractivity contribution in [3.8, 4) is 17.2 Å². The van der Waals surface area contributed by atoms with E-state index in [0.29, 0.717) is 33.5 Å². The van der Waals surface area contributed by atoms with Gasteiger partial charge in [-0.15, -0.1) is 0 Å². The third kappa shape index (κ3) is 5.00. The number of nitrogens with zero attached hydrogens (tertiary/aromatic N) is 1. The van der Waals surface area contributed by atoms with Crippen molar-refractivity contribution in [2.45, 2.75) is 6.92 Å². The molecule has 8 nitrogen and oxygen atoms in total. The summed E-state index contributed by atoms with van der Waals surface area (Å²) in [6, 6.07) is 8.33. The Morgan fingerprint density at radius 1 is 1.09 bits per heavy atom. The van der Waals surface area contributed by atoms with Crippen molar-refractivity contribution in [2.24, 2.45) is 0 Å². The normalized spacial score (nSPS) is 14.7. The molecule has 1 fully saturated rings. The number of amides is 3. The maximum absolute atomic E-state index is 12.8. The summed E-state index contributed by atoms with van der Waals surface area (Å²) in [6.45, 7) is 1.41. The summed E-state index contributed by atoms with van der Waals surface area (Å²) < 4.78 is 16.0. The molecular formula is C22H21ClN2O6S. The van der Waals surface area contributed by atoms with Crippen molar-refractivity contribution in [3.63, 3.8) is 0 Å². The highest BCUT2D eigenvalue weighted by atomic mass is 35.5. The lowest BCUT2D eigenvalue weighted by Crippen LogP contribution is -2.36. The van der Waals surface area contributed by atoms with Gasteiger partial charge in [-0.25, -0.2) is 0 Å². The highest BCUT2D eigenvalue weighted by molar-refractivity contribution is 8.18. The molecule has 10 heteroatoms. The number of anilines is 1. The van der Waals surface area contributed by atoms with Crippen LogP contribution in [0.4, 0.5) is 10.5 Å². The largest absolute Gasteiger partial charge is 0.496 e. The summed E-state index contributed by atoms with van der Waals surface area (Å²) in [5.41, 5.74) is 1.81. The fourth-order valence-corrected chi connectivity index (χ4v) is 3.96. The first-order valence-corrected chi connectivity index (χ1v) is 10.6. The standard InChI is InChI=1S/C22H21ClN2O6S/c1-12-5-6-13(7-16(12)23)24-20(26)11-25-21(27)19(32-22(25)28)10-15-17(30-3)8-14(29-2)9-18(15)31-4/h5-10H,11H2,1-4H3,(H,24,26)/b19-10+. The van der Waals surface area contributed by atoms with E-state index in [1.165, 1.54) is 27.4 Å². The number of imide groups is 1. The maximum Gasteiger partial charge on any atom is 0.294 e.